The van der Waals surface area contributed by atoms with Crippen LogP contribution in [-0.4, -0.2) is 50.8 Å². The van der Waals surface area contributed by atoms with Gasteiger partial charge in [-0.05, 0) is 32.4 Å². The van der Waals surface area contributed by atoms with Gasteiger partial charge in [-0.25, -0.2) is 0 Å². The predicted molar refractivity (Wildman–Crippen MR) is 64.1 cm³/mol. The molecule has 1 fully saturated rings. The molecule has 0 amide bonds. The molecule has 16 heavy (non-hydrogen) atoms. The smallest absolute Gasteiger partial charge is 0.108 e. The standard InChI is InChI=1S/C12H23N3O/c1-3-14-12(7-13)9-15(2)8-11-5-4-6-16-10-11/h11-12,14H,3-6,8-10H2,1-2H3. The third kappa shape index (κ3) is 4.93. The fourth-order valence-corrected chi connectivity index (χ4v) is 2.18. The van der Waals surface area contributed by atoms with Crippen molar-refractivity contribution in [1.82, 2.24) is 10.2 Å². The molecule has 1 aliphatic heterocycles. The van der Waals surface area contributed by atoms with Gasteiger partial charge in [0.05, 0.1) is 12.7 Å². The Morgan fingerprint density at radius 3 is 3.00 bits per heavy atom. The Labute approximate surface area is 98.6 Å². The van der Waals surface area contributed by atoms with E-state index in [1.807, 2.05) is 6.92 Å². The highest BCUT2D eigenvalue weighted by Crippen LogP contribution is 2.14. The largest absolute Gasteiger partial charge is 0.381 e. The normalized spacial score (nSPS) is 23.0. The lowest BCUT2D eigenvalue weighted by Gasteiger charge is -2.28. The fraction of sp³-hybridized carbons (Fsp3) is 0.917. The SMILES string of the molecule is CCNC(C#N)CN(C)CC1CCCOC1. The summed E-state index contributed by atoms with van der Waals surface area (Å²) in [4.78, 5) is 2.23. The number of hydrogen-bond acceptors (Lipinski definition) is 4. The minimum absolute atomic E-state index is 0.0560. The summed E-state index contributed by atoms with van der Waals surface area (Å²) in [6.07, 6.45) is 2.43. The van der Waals surface area contributed by atoms with Crippen LogP contribution in [0.4, 0.5) is 0 Å². The molecule has 0 aromatic rings. The third-order valence-corrected chi connectivity index (χ3v) is 2.93. The molecule has 0 saturated carbocycles. The number of nitriles is 1. The lowest BCUT2D eigenvalue weighted by molar-refractivity contribution is 0.0416. The summed E-state index contributed by atoms with van der Waals surface area (Å²) in [5.74, 6) is 0.639. The molecule has 2 atom stereocenters. The fourth-order valence-electron chi connectivity index (χ4n) is 2.18. The highest BCUT2D eigenvalue weighted by atomic mass is 16.5. The van der Waals surface area contributed by atoms with Crippen LogP contribution in [0, 0.1) is 17.2 Å². The molecule has 1 N–H and O–H groups in total. The van der Waals surface area contributed by atoms with Crippen molar-refractivity contribution in [2.24, 2.45) is 5.92 Å². The Kier molecular flexibility index (Phi) is 6.39. The Balaban J connectivity index is 2.22. The highest BCUT2D eigenvalue weighted by molar-refractivity contribution is 4.91. The molecule has 1 heterocycles. The van der Waals surface area contributed by atoms with Crippen LogP contribution in [0.25, 0.3) is 0 Å². The summed E-state index contributed by atoms with van der Waals surface area (Å²) in [5, 5.41) is 12.1. The summed E-state index contributed by atoms with van der Waals surface area (Å²) in [6, 6.07) is 2.23. The average Bonchev–Trinajstić information content (AvgIpc) is 2.29. The molecule has 92 valence electrons. The second kappa shape index (κ2) is 7.61. The molecule has 0 bridgehead atoms. The van der Waals surface area contributed by atoms with Crippen molar-refractivity contribution in [3.05, 3.63) is 0 Å². The summed E-state index contributed by atoms with van der Waals surface area (Å²) in [7, 11) is 2.08. The first kappa shape index (κ1) is 13.4. The van der Waals surface area contributed by atoms with E-state index in [4.69, 9.17) is 10.00 Å². The number of nitrogens with one attached hydrogen (secondary N) is 1. The lowest BCUT2D eigenvalue weighted by Crippen LogP contribution is -2.41. The number of rotatable bonds is 6. The molecule has 1 aliphatic rings. The van der Waals surface area contributed by atoms with Gasteiger partial charge in [0.1, 0.15) is 6.04 Å². The average molecular weight is 225 g/mol. The van der Waals surface area contributed by atoms with Gasteiger partial charge < -0.3 is 15.0 Å². The topological polar surface area (TPSA) is 48.3 Å². The number of nitrogens with zero attached hydrogens (tertiary/aromatic N) is 2. The minimum atomic E-state index is -0.0560. The molecule has 4 nitrogen and oxygen atoms in total. The van der Waals surface area contributed by atoms with Gasteiger partial charge in [0.15, 0.2) is 0 Å². The molecule has 0 spiro atoms. The first-order valence-corrected chi connectivity index (χ1v) is 6.15. The van der Waals surface area contributed by atoms with Crippen LogP contribution in [0.3, 0.4) is 0 Å². The molecular formula is C12H23N3O. The summed E-state index contributed by atoms with van der Waals surface area (Å²) < 4.78 is 5.45. The molecule has 0 aromatic heterocycles. The first-order chi connectivity index (χ1) is 7.76. The number of likely N-dealkylation sites (N-methyl/N-ethyl adjacent to an activating group) is 2. The van der Waals surface area contributed by atoms with Gasteiger partial charge in [0, 0.05) is 19.7 Å². The summed E-state index contributed by atoms with van der Waals surface area (Å²) in [5.41, 5.74) is 0. The van der Waals surface area contributed by atoms with Crippen molar-refractivity contribution >= 4 is 0 Å². The monoisotopic (exact) mass is 225 g/mol. The van der Waals surface area contributed by atoms with Crippen LogP contribution in [0.15, 0.2) is 0 Å². The van der Waals surface area contributed by atoms with Crippen LogP contribution in [0.5, 0.6) is 0 Å². The van der Waals surface area contributed by atoms with Gasteiger partial charge in [-0.1, -0.05) is 6.92 Å². The van der Waals surface area contributed by atoms with E-state index in [0.717, 1.165) is 32.8 Å². The molecule has 2 unspecified atom stereocenters. The van der Waals surface area contributed by atoms with Crippen LogP contribution in [-0.2, 0) is 4.74 Å². The maximum Gasteiger partial charge on any atom is 0.108 e. The predicted octanol–water partition coefficient (Wildman–Crippen LogP) is 0.846. The van der Waals surface area contributed by atoms with Crippen molar-refractivity contribution < 1.29 is 4.74 Å². The Morgan fingerprint density at radius 2 is 2.44 bits per heavy atom. The van der Waals surface area contributed by atoms with E-state index in [0.29, 0.717) is 5.92 Å². The Hall–Kier alpha value is -0.630. The number of ether oxygens (including phenoxy) is 1. The Bertz CT molecular complexity index is 221. The van der Waals surface area contributed by atoms with Gasteiger partial charge >= 0.3 is 0 Å². The molecule has 1 rings (SSSR count). The van der Waals surface area contributed by atoms with E-state index in [2.05, 4.69) is 23.3 Å². The second-order valence-electron chi connectivity index (χ2n) is 4.54. The van der Waals surface area contributed by atoms with Crippen molar-refractivity contribution in [2.45, 2.75) is 25.8 Å². The quantitative estimate of drug-likeness (QED) is 0.728. The summed E-state index contributed by atoms with van der Waals surface area (Å²) in [6.45, 7) is 6.49. The van der Waals surface area contributed by atoms with Gasteiger partial charge in [0.2, 0.25) is 0 Å². The number of hydrogen-bond donors (Lipinski definition) is 1. The van der Waals surface area contributed by atoms with Crippen molar-refractivity contribution in [2.75, 3.05) is 39.9 Å². The van der Waals surface area contributed by atoms with Crippen LogP contribution >= 0.6 is 0 Å². The van der Waals surface area contributed by atoms with Crippen LogP contribution in [0.2, 0.25) is 0 Å². The maximum absolute atomic E-state index is 8.95. The van der Waals surface area contributed by atoms with E-state index in [-0.39, 0.29) is 6.04 Å². The van der Waals surface area contributed by atoms with Crippen LogP contribution < -0.4 is 5.32 Å². The molecular weight excluding hydrogens is 202 g/mol. The second-order valence-corrected chi connectivity index (χ2v) is 4.54. The van der Waals surface area contributed by atoms with Gasteiger partial charge in [-0.3, -0.25) is 0 Å². The highest BCUT2D eigenvalue weighted by Gasteiger charge is 2.17. The Morgan fingerprint density at radius 1 is 1.62 bits per heavy atom. The van der Waals surface area contributed by atoms with E-state index >= 15 is 0 Å². The van der Waals surface area contributed by atoms with E-state index in [1.54, 1.807) is 0 Å². The van der Waals surface area contributed by atoms with Gasteiger partial charge in [-0.2, -0.15) is 5.26 Å². The first-order valence-electron chi connectivity index (χ1n) is 6.15. The molecule has 4 heteroatoms. The van der Waals surface area contributed by atoms with Crippen LogP contribution in [0.1, 0.15) is 19.8 Å². The molecule has 1 saturated heterocycles. The van der Waals surface area contributed by atoms with Gasteiger partial charge in [0.25, 0.3) is 0 Å². The van der Waals surface area contributed by atoms with E-state index in [9.17, 15) is 0 Å². The molecule has 0 aliphatic carbocycles. The van der Waals surface area contributed by atoms with E-state index < -0.39 is 0 Å². The van der Waals surface area contributed by atoms with Crippen molar-refractivity contribution in [3.8, 4) is 6.07 Å². The summed E-state index contributed by atoms with van der Waals surface area (Å²) >= 11 is 0. The zero-order chi connectivity index (χ0) is 11.8. The maximum atomic E-state index is 8.95. The molecule has 0 aromatic carbocycles. The van der Waals surface area contributed by atoms with Crippen molar-refractivity contribution in [1.29, 1.82) is 5.26 Å². The minimum Gasteiger partial charge on any atom is -0.381 e. The zero-order valence-corrected chi connectivity index (χ0v) is 10.4. The molecule has 0 radical (unpaired) electrons. The zero-order valence-electron chi connectivity index (χ0n) is 10.4. The third-order valence-electron chi connectivity index (χ3n) is 2.93. The van der Waals surface area contributed by atoms with E-state index in [1.165, 1.54) is 12.8 Å². The lowest BCUT2D eigenvalue weighted by atomic mass is 10.0. The van der Waals surface area contributed by atoms with Gasteiger partial charge in [-0.15, -0.1) is 0 Å². The van der Waals surface area contributed by atoms with Crippen molar-refractivity contribution in [3.63, 3.8) is 0 Å².